The van der Waals surface area contributed by atoms with Gasteiger partial charge in [-0.3, -0.25) is 4.79 Å². The highest BCUT2D eigenvalue weighted by Gasteiger charge is 2.33. The Bertz CT molecular complexity index is 1350. The highest BCUT2D eigenvalue weighted by atomic mass is 32.2. The number of ether oxygens (including phenoxy) is 2. The monoisotopic (exact) mass is 499 g/mol. The Labute approximate surface area is 204 Å². The van der Waals surface area contributed by atoms with Gasteiger partial charge in [-0.2, -0.15) is 9.40 Å². The Hall–Kier alpha value is -3.18. The van der Waals surface area contributed by atoms with Crippen LogP contribution in [0.25, 0.3) is 11.0 Å². The first-order chi connectivity index (χ1) is 16.8. The first-order valence-electron chi connectivity index (χ1n) is 11.9. The average molecular weight is 500 g/mol. The lowest BCUT2D eigenvalue weighted by atomic mass is 9.97. The number of nitrogens with zero attached hydrogens (tertiary/aromatic N) is 4. The number of fused-ring (bicyclic) bond motifs is 2. The Morgan fingerprint density at radius 3 is 2.57 bits per heavy atom. The molecule has 35 heavy (non-hydrogen) atoms. The highest BCUT2D eigenvalue weighted by molar-refractivity contribution is 7.89. The van der Waals surface area contributed by atoms with Crippen molar-refractivity contribution in [1.82, 2.24) is 19.1 Å². The second-order valence-corrected chi connectivity index (χ2v) is 11.1. The zero-order chi connectivity index (χ0) is 24.6. The maximum absolute atomic E-state index is 13.2. The van der Waals surface area contributed by atoms with Crippen molar-refractivity contribution < 1.29 is 22.7 Å². The molecule has 186 valence electrons. The number of pyridine rings is 1. The number of hydrogen-bond acceptors (Lipinski definition) is 7. The Morgan fingerprint density at radius 1 is 1.09 bits per heavy atom. The molecule has 0 bridgehead atoms. The molecule has 0 atom stereocenters. The second-order valence-electron chi connectivity index (χ2n) is 9.15. The van der Waals surface area contributed by atoms with Gasteiger partial charge < -0.3 is 14.8 Å². The summed E-state index contributed by atoms with van der Waals surface area (Å²) in [5.41, 5.74) is 1.37. The van der Waals surface area contributed by atoms with Gasteiger partial charge in [-0.15, -0.1) is 0 Å². The molecule has 2 aliphatic rings. The van der Waals surface area contributed by atoms with Crippen molar-refractivity contribution >= 4 is 32.7 Å². The predicted molar refractivity (Wildman–Crippen MR) is 130 cm³/mol. The van der Waals surface area contributed by atoms with Gasteiger partial charge in [0.05, 0.1) is 36.2 Å². The van der Waals surface area contributed by atoms with Gasteiger partial charge in [0, 0.05) is 42.9 Å². The Kier molecular flexibility index (Phi) is 6.37. The first kappa shape index (κ1) is 23.6. The summed E-state index contributed by atoms with van der Waals surface area (Å²) in [5.74, 6) is 0.595. The molecule has 0 unspecified atom stereocenters. The number of amides is 1. The van der Waals surface area contributed by atoms with Crippen LogP contribution in [0.5, 0.6) is 11.5 Å². The summed E-state index contributed by atoms with van der Waals surface area (Å²) in [7, 11) is -3.70. The maximum Gasteiger partial charge on any atom is 0.243 e. The van der Waals surface area contributed by atoms with Gasteiger partial charge in [-0.1, -0.05) is 0 Å². The molecule has 0 saturated carbocycles. The number of aromatic nitrogens is 3. The third-order valence-electron chi connectivity index (χ3n) is 6.37. The van der Waals surface area contributed by atoms with E-state index >= 15 is 0 Å². The SMILES string of the molecule is CC(C)n1ncc2cc(NC(=O)C3CCN(S(=O)(=O)c4ccc5c(c4)OCCCO5)CC3)cnc21. The number of benzene rings is 1. The topological polar surface area (TPSA) is 116 Å². The molecule has 10 nitrogen and oxygen atoms in total. The number of hydrogen-bond donors (Lipinski definition) is 1. The van der Waals surface area contributed by atoms with E-state index in [4.69, 9.17) is 9.47 Å². The number of sulfonamides is 1. The standard InChI is InChI=1S/C24H29N5O5S/c1-16(2)29-23-18(14-26-29)12-19(15-25-23)27-24(30)17-6-8-28(9-7-17)35(31,32)20-4-5-21-22(13-20)34-11-3-10-33-21/h4-5,12-17H,3,6-11H2,1-2H3,(H,27,30). The van der Waals surface area contributed by atoms with E-state index < -0.39 is 10.0 Å². The van der Waals surface area contributed by atoms with Gasteiger partial charge in [-0.25, -0.2) is 18.1 Å². The normalized spacial score (nSPS) is 17.5. The van der Waals surface area contributed by atoms with E-state index in [-0.39, 0.29) is 35.9 Å². The Morgan fingerprint density at radius 2 is 1.83 bits per heavy atom. The lowest BCUT2D eigenvalue weighted by Gasteiger charge is -2.30. The molecule has 2 aliphatic heterocycles. The molecule has 3 aromatic rings. The van der Waals surface area contributed by atoms with E-state index in [1.807, 2.05) is 24.6 Å². The fourth-order valence-electron chi connectivity index (χ4n) is 4.44. The van der Waals surface area contributed by atoms with Crippen LogP contribution in [0.4, 0.5) is 5.69 Å². The number of carbonyl (C=O) groups is 1. The van der Waals surface area contributed by atoms with Crippen LogP contribution in [0, 0.1) is 5.92 Å². The van der Waals surface area contributed by atoms with Crippen molar-refractivity contribution in [3.63, 3.8) is 0 Å². The minimum atomic E-state index is -3.70. The molecule has 4 heterocycles. The van der Waals surface area contributed by atoms with Crippen LogP contribution < -0.4 is 14.8 Å². The van der Waals surface area contributed by atoms with Gasteiger partial charge >= 0.3 is 0 Å². The third-order valence-corrected chi connectivity index (χ3v) is 8.27. The van der Waals surface area contributed by atoms with E-state index in [0.717, 1.165) is 17.5 Å². The summed E-state index contributed by atoms with van der Waals surface area (Å²) < 4.78 is 40.9. The zero-order valence-electron chi connectivity index (χ0n) is 19.8. The van der Waals surface area contributed by atoms with Crippen LogP contribution in [-0.2, 0) is 14.8 Å². The molecule has 0 aliphatic carbocycles. The lowest BCUT2D eigenvalue weighted by molar-refractivity contribution is -0.120. The lowest BCUT2D eigenvalue weighted by Crippen LogP contribution is -2.41. The third kappa shape index (κ3) is 4.70. The molecule has 1 aromatic carbocycles. The summed E-state index contributed by atoms with van der Waals surface area (Å²) in [4.78, 5) is 17.5. The molecular weight excluding hydrogens is 470 g/mol. The molecule has 1 saturated heterocycles. The van der Waals surface area contributed by atoms with Crippen molar-refractivity contribution in [1.29, 1.82) is 0 Å². The number of anilines is 1. The second kappa shape index (κ2) is 9.46. The maximum atomic E-state index is 13.2. The van der Waals surface area contributed by atoms with Crippen molar-refractivity contribution in [2.45, 2.75) is 44.0 Å². The minimum Gasteiger partial charge on any atom is -0.490 e. The fraction of sp³-hybridized carbons (Fsp3) is 0.458. The predicted octanol–water partition coefficient (Wildman–Crippen LogP) is 3.21. The van der Waals surface area contributed by atoms with Crippen LogP contribution in [0.3, 0.4) is 0 Å². The highest BCUT2D eigenvalue weighted by Crippen LogP contribution is 2.34. The van der Waals surface area contributed by atoms with Gasteiger partial charge in [0.25, 0.3) is 0 Å². The molecular formula is C24H29N5O5S. The number of rotatable bonds is 5. The molecule has 5 rings (SSSR count). The smallest absolute Gasteiger partial charge is 0.243 e. The number of nitrogens with one attached hydrogen (secondary N) is 1. The summed E-state index contributed by atoms with van der Waals surface area (Å²) in [6, 6.07) is 6.76. The molecule has 1 amide bonds. The van der Waals surface area contributed by atoms with Gasteiger partial charge in [0.15, 0.2) is 17.1 Å². The first-order valence-corrected chi connectivity index (χ1v) is 13.3. The van der Waals surface area contributed by atoms with Crippen LogP contribution >= 0.6 is 0 Å². The Balaban J connectivity index is 1.22. The average Bonchev–Trinajstić information content (AvgIpc) is 3.13. The van der Waals surface area contributed by atoms with E-state index in [1.165, 1.54) is 10.4 Å². The van der Waals surface area contributed by atoms with Crippen LogP contribution in [0.1, 0.15) is 39.2 Å². The fourth-order valence-corrected chi connectivity index (χ4v) is 5.93. The molecule has 1 N–H and O–H groups in total. The van der Waals surface area contributed by atoms with E-state index in [9.17, 15) is 13.2 Å². The summed E-state index contributed by atoms with van der Waals surface area (Å²) in [6.45, 7) is 5.64. The van der Waals surface area contributed by atoms with Crippen molar-refractivity contribution in [2.75, 3.05) is 31.6 Å². The van der Waals surface area contributed by atoms with E-state index in [1.54, 1.807) is 24.5 Å². The van der Waals surface area contributed by atoms with Crippen molar-refractivity contribution in [3.05, 3.63) is 36.7 Å². The van der Waals surface area contributed by atoms with Crippen LogP contribution in [0.15, 0.2) is 41.6 Å². The van der Waals surface area contributed by atoms with Crippen molar-refractivity contribution in [3.8, 4) is 11.5 Å². The van der Waals surface area contributed by atoms with E-state index in [0.29, 0.717) is 43.2 Å². The van der Waals surface area contributed by atoms with Gasteiger partial charge in [0.1, 0.15) is 0 Å². The van der Waals surface area contributed by atoms with E-state index in [2.05, 4.69) is 15.4 Å². The van der Waals surface area contributed by atoms with Crippen molar-refractivity contribution in [2.24, 2.45) is 5.92 Å². The molecule has 0 radical (unpaired) electrons. The van der Waals surface area contributed by atoms with Gasteiger partial charge in [0.2, 0.25) is 15.9 Å². The largest absolute Gasteiger partial charge is 0.490 e. The summed E-state index contributed by atoms with van der Waals surface area (Å²) in [5, 5.41) is 8.14. The summed E-state index contributed by atoms with van der Waals surface area (Å²) in [6.07, 6.45) is 5.00. The van der Waals surface area contributed by atoms with Crippen LogP contribution in [0.2, 0.25) is 0 Å². The molecule has 0 spiro atoms. The molecule has 11 heteroatoms. The zero-order valence-corrected chi connectivity index (χ0v) is 20.6. The van der Waals surface area contributed by atoms with Crippen LogP contribution in [-0.4, -0.2) is 59.7 Å². The molecule has 2 aromatic heterocycles. The number of piperidine rings is 1. The quantitative estimate of drug-likeness (QED) is 0.573. The van der Waals surface area contributed by atoms with Gasteiger partial charge in [-0.05, 0) is 44.9 Å². The minimum absolute atomic E-state index is 0.130. The number of carbonyl (C=O) groups excluding carboxylic acids is 1. The molecule has 1 fully saturated rings. The summed E-state index contributed by atoms with van der Waals surface area (Å²) >= 11 is 0.